The largest absolute Gasteiger partial charge is 0.481 e. The summed E-state index contributed by atoms with van der Waals surface area (Å²) in [4.78, 5) is 22.3. The van der Waals surface area contributed by atoms with Crippen LogP contribution in [0.5, 0.6) is 5.75 Å². The first-order valence-corrected chi connectivity index (χ1v) is 9.74. The van der Waals surface area contributed by atoms with E-state index in [1.165, 1.54) is 12.4 Å². The number of nitrogens with zero attached hydrogens (tertiary/aromatic N) is 5. The Bertz CT molecular complexity index is 1130. The van der Waals surface area contributed by atoms with Crippen molar-refractivity contribution in [2.45, 2.75) is 18.9 Å². The average molecular weight is 402 g/mol. The Morgan fingerprint density at radius 3 is 2.97 bits per heavy atom. The van der Waals surface area contributed by atoms with Crippen molar-refractivity contribution in [1.29, 1.82) is 0 Å². The minimum absolute atomic E-state index is 0.0180. The van der Waals surface area contributed by atoms with Crippen LogP contribution < -0.4 is 10.5 Å². The number of amides is 1. The van der Waals surface area contributed by atoms with Gasteiger partial charge >= 0.3 is 0 Å². The van der Waals surface area contributed by atoms with Crippen LogP contribution in [0.1, 0.15) is 24.6 Å². The van der Waals surface area contributed by atoms with Gasteiger partial charge in [0.25, 0.3) is 0 Å². The SMILES string of the molecule is C=CC(=O)N1CCC[C@@H](n2nc(C#CCOc3ccccc3)c3c(N)ncnc32)C1. The van der Waals surface area contributed by atoms with Crippen molar-refractivity contribution in [1.82, 2.24) is 24.6 Å². The summed E-state index contributed by atoms with van der Waals surface area (Å²) in [5.74, 6) is 7.02. The highest BCUT2D eigenvalue weighted by molar-refractivity contribution is 5.90. The fraction of sp³-hybridized carbons (Fsp3) is 0.273. The van der Waals surface area contributed by atoms with E-state index in [1.807, 2.05) is 35.0 Å². The molecular formula is C22H22N6O2. The zero-order valence-electron chi connectivity index (χ0n) is 16.5. The second-order valence-electron chi connectivity index (χ2n) is 6.94. The second-order valence-corrected chi connectivity index (χ2v) is 6.94. The topological polar surface area (TPSA) is 99.2 Å². The Kier molecular flexibility index (Phi) is 5.61. The van der Waals surface area contributed by atoms with Crippen molar-refractivity contribution >= 4 is 22.8 Å². The number of hydrogen-bond acceptors (Lipinski definition) is 6. The molecule has 8 nitrogen and oxygen atoms in total. The van der Waals surface area contributed by atoms with Gasteiger partial charge in [0.1, 0.15) is 30.2 Å². The van der Waals surface area contributed by atoms with Gasteiger partial charge in [-0.05, 0) is 37.0 Å². The molecule has 0 aliphatic carbocycles. The molecule has 1 saturated heterocycles. The van der Waals surface area contributed by atoms with E-state index in [0.29, 0.717) is 35.6 Å². The Hall–Kier alpha value is -3.86. The molecule has 0 radical (unpaired) electrons. The molecule has 2 N–H and O–H groups in total. The summed E-state index contributed by atoms with van der Waals surface area (Å²) in [6.45, 7) is 5.05. The minimum atomic E-state index is -0.0802. The van der Waals surface area contributed by atoms with Crippen molar-refractivity contribution in [2.75, 3.05) is 25.4 Å². The number of rotatable bonds is 4. The van der Waals surface area contributed by atoms with Gasteiger partial charge in [-0.25, -0.2) is 14.6 Å². The third-order valence-corrected chi connectivity index (χ3v) is 5.01. The predicted molar refractivity (Wildman–Crippen MR) is 114 cm³/mol. The first-order chi connectivity index (χ1) is 14.7. The number of fused-ring (bicyclic) bond motifs is 1. The maximum atomic E-state index is 12.1. The second kappa shape index (κ2) is 8.66. The van der Waals surface area contributed by atoms with E-state index in [9.17, 15) is 4.79 Å². The van der Waals surface area contributed by atoms with Gasteiger partial charge in [0.2, 0.25) is 5.91 Å². The average Bonchev–Trinajstić information content (AvgIpc) is 3.17. The molecule has 8 heteroatoms. The van der Waals surface area contributed by atoms with Gasteiger partial charge in [0.15, 0.2) is 5.65 Å². The molecule has 152 valence electrons. The molecule has 0 spiro atoms. The minimum Gasteiger partial charge on any atom is -0.481 e. The van der Waals surface area contributed by atoms with E-state index in [-0.39, 0.29) is 18.6 Å². The van der Waals surface area contributed by atoms with E-state index in [1.54, 1.807) is 4.90 Å². The van der Waals surface area contributed by atoms with Gasteiger partial charge in [-0.1, -0.05) is 30.7 Å². The predicted octanol–water partition coefficient (Wildman–Crippen LogP) is 2.19. The van der Waals surface area contributed by atoms with Crippen LogP contribution in [0.3, 0.4) is 0 Å². The van der Waals surface area contributed by atoms with Crippen LogP contribution in [-0.4, -0.2) is 50.3 Å². The number of hydrogen-bond donors (Lipinski definition) is 1. The Labute approximate surface area is 174 Å². The van der Waals surface area contributed by atoms with Crippen molar-refractivity contribution in [3.05, 3.63) is 55.0 Å². The molecule has 1 aromatic carbocycles. The van der Waals surface area contributed by atoms with Crippen molar-refractivity contribution in [3.63, 3.8) is 0 Å². The van der Waals surface area contributed by atoms with E-state index in [0.717, 1.165) is 18.6 Å². The summed E-state index contributed by atoms with van der Waals surface area (Å²) >= 11 is 0. The fourth-order valence-corrected chi connectivity index (χ4v) is 3.58. The molecular weight excluding hydrogens is 380 g/mol. The Balaban J connectivity index is 1.61. The highest BCUT2D eigenvalue weighted by atomic mass is 16.5. The number of likely N-dealkylation sites (tertiary alicyclic amines) is 1. The summed E-state index contributed by atoms with van der Waals surface area (Å²) in [6, 6.07) is 9.46. The molecule has 1 atom stereocenters. The number of benzene rings is 1. The molecule has 2 aromatic heterocycles. The number of carbonyl (C=O) groups is 1. The molecule has 0 unspecified atom stereocenters. The molecule has 3 aromatic rings. The molecule has 1 fully saturated rings. The van der Waals surface area contributed by atoms with Gasteiger partial charge in [0, 0.05) is 13.1 Å². The molecule has 3 heterocycles. The molecule has 0 bridgehead atoms. The van der Waals surface area contributed by atoms with Crippen molar-refractivity contribution in [2.24, 2.45) is 0 Å². The number of piperidine rings is 1. The van der Waals surface area contributed by atoms with Crippen LogP contribution in [-0.2, 0) is 4.79 Å². The lowest BCUT2D eigenvalue weighted by molar-refractivity contribution is -0.127. The number of nitrogen functional groups attached to an aromatic ring is 1. The van der Waals surface area contributed by atoms with Gasteiger partial charge in [-0.3, -0.25) is 4.79 Å². The van der Waals surface area contributed by atoms with Gasteiger partial charge in [0.05, 0.1) is 11.4 Å². The van der Waals surface area contributed by atoms with Crippen LogP contribution in [0.25, 0.3) is 11.0 Å². The summed E-state index contributed by atoms with van der Waals surface area (Å²) in [5.41, 5.74) is 7.24. The van der Waals surface area contributed by atoms with Crippen LogP contribution in [0.15, 0.2) is 49.3 Å². The molecule has 4 rings (SSSR count). The third kappa shape index (κ3) is 3.96. The maximum absolute atomic E-state index is 12.1. The zero-order chi connectivity index (χ0) is 20.9. The highest BCUT2D eigenvalue weighted by Crippen LogP contribution is 2.28. The Morgan fingerprint density at radius 1 is 1.33 bits per heavy atom. The highest BCUT2D eigenvalue weighted by Gasteiger charge is 2.27. The van der Waals surface area contributed by atoms with Crippen LogP contribution in [0.2, 0.25) is 0 Å². The van der Waals surface area contributed by atoms with Crippen LogP contribution in [0, 0.1) is 11.8 Å². The zero-order valence-corrected chi connectivity index (χ0v) is 16.5. The number of anilines is 1. The smallest absolute Gasteiger partial charge is 0.246 e. The summed E-state index contributed by atoms with van der Waals surface area (Å²) in [6.07, 6.45) is 4.51. The summed E-state index contributed by atoms with van der Waals surface area (Å²) in [5, 5.41) is 5.30. The van der Waals surface area contributed by atoms with Crippen molar-refractivity contribution < 1.29 is 9.53 Å². The third-order valence-electron chi connectivity index (χ3n) is 5.01. The Morgan fingerprint density at radius 2 is 2.17 bits per heavy atom. The molecule has 30 heavy (non-hydrogen) atoms. The summed E-state index contributed by atoms with van der Waals surface area (Å²) in [7, 11) is 0. The molecule has 1 amide bonds. The number of nitrogens with two attached hydrogens (primary N) is 1. The monoisotopic (exact) mass is 402 g/mol. The lowest BCUT2D eigenvalue weighted by Gasteiger charge is -2.32. The van der Waals surface area contributed by atoms with E-state index in [4.69, 9.17) is 10.5 Å². The quantitative estimate of drug-likeness (QED) is 0.531. The van der Waals surface area contributed by atoms with Crippen molar-refractivity contribution in [3.8, 4) is 17.6 Å². The summed E-state index contributed by atoms with van der Waals surface area (Å²) < 4.78 is 7.44. The van der Waals surface area contributed by atoms with Gasteiger partial charge in [-0.2, -0.15) is 5.10 Å². The number of aromatic nitrogens is 4. The fourth-order valence-electron chi connectivity index (χ4n) is 3.58. The normalized spacial score (nSPS) is 16.0. The number of para-hydroxylation sites is 1. The van der Waals surface area contributed by atoms with Gasteiger partial charge < -0.3 is 15.4 Å². The molecule has 0 saturated carbocycles. The van der Waals surface area contributed by atoms with Crippen LogP contribution >= 0.6 is 0 Å². The lowest BCUT2D eigenvalue weighted by atomic mass is 10.1. The maximum Gasteiger partial charge on any atom is 0.246 e. The number of carbonyl (C=O) groups excluding carboxylic acids is 1. The van der Waals surface area contributed by atoms with E-state index >= 15 is 0 Å². The molecule has 1 aliphatic rings. The standard InChI is InChI=1S/C22H22N6O2/c1-2-19(29)27-12-6-8-16(14-27)28-22-20(21(23)24-15-25-22)18(26-28)11-7-13-30-17-9-4-3-5-10-17/h2-5,9-10,15-16H,1,6,8,12-14H2,(H2,23,24,25)/t16-/m1/s1. The molecule has 1 aliphatic heterocycles. The first kappa shape index (κ1) is 19.5. The first-order valence-electron chi connectivity index (χ1n) is 9.74. The lowest BCUT2D eigenvalue weighted by Crippen LogP contribution is -2.40. The number of ether oxygens (including phenoxy) is 1. The van der Waals surface area contributed by atoms with E-state index < -0.39 is 0 Å². The van der Waals surface area contributed by atoms with E-state index in [2.05, 4.69) is 33.5 Å². The van der Waals surface area contributed by atoms with Crippen LogP contribution in [0.4, 0.5) is 5.82 Å². The van der Waals surface area contributed by atoms with Gasteiger partial charge in [-0.15, -0.1) is 0 Å².